The van der Waals surface area contributed by atoms with Crippen LogP contribution in [0.5, 0.6) is 11.5 Å². The molecule has 29 heavy (non-hydrogen) atoms. The van der Waals surface area contributed by atoms with Gasteiger partial charge in [-0.3, -0.25) is 4.79 Å². The molecule has 146 valence electrons. The molecule has 0 atom stereocenters. The number of rotatable bonds is 5. The number of fused-ring (bicyclic) bond motifs is 1. The number of anilines is 3. The van der Waals surface area contributed by atoms with Gasteiger partial charge in [0.1, 0.15) is 17.8 Å². The lowest BCUT2D eigenvalue weighted by atomic mass is 10.1. The highest BCUT2D eigenvalue weighted by Crippen LogP contribution is 2.34. The van der Waals surface area contributed by atoms with Crippen molar-refractivity contribution in [3.8, 4) is 11.5 Å². The first-order chi connectivity index (χ1) is 14.1. The first-order valence-corrected chi connectivity index (χ1v) is 8.61. The fourth-order valence-corrected chi connectivity index (χ4v) is 2.74. The molecule has 0 saturated carbocycles. The number of carbonyl (C=O) groups excluding carboxylic acids is 2. The summed E-state index contributed by atoms with van der Waals surface area (Å²) in [5.41, 5.74) is 1.42. The van der Waals surface area contributed by atoms with Crippen molar-refractivity contribution in [1.29, 1.82) is 0 Å². The third-order valence-corrected chi connectivity index (χ3v) is 4.13. The molecule has 0 unspecified atom stereocenters. The van der Waals surface area contributed by atoms with E-state index >= 15 is 0 Å². The number of amides is 1. The van der Waals surface area contributed by atoms with Gasteiger partial charge < -0.3 is 24.8 Å². The number of nitrogens with zero attached hydrogens (tertiary/aromatic N) is 2. The van der Waals surface area contributed by atoms with E-state index in [1.165, 1.54) is 19.5 Å². The first-order valence-electron chi connectivity index (χ1n) is 8.61. The van der Waals surface area contributed by atoms with Crippen molar-refractivity contribution in [3.05, 3.63) is 66.1 Å². The molecule has 2 aromatic carbocycles. The Kier molecular flexibility index (Phi) is 4.93. The molecule has 3 aromatic rings. The van der Waals surface area contributed by atoms with Crippen molar-refractivity contribution < 1.29 is 23.8 Å². The number of carbonyl (C=O) groups is 2. The van der Waals surface area contributed by atoms with Crippen molar-refractivity contribution in [2.24, 2.45) is 0 Å². The molecule has 2 heterocycles. The van der Waals surface area contributed by atoms with Gasteiger partial charge in [-0.15, -0.1) is 0 Å². The Bertz CT molecular complexity index is 1090. The van der Waals surface area contributed by atoms with E-state index in [-0.39, 0.29) is 18.1 Å². The number of hydrogen-bond donors (Lipinski definition) is 2. The van der Waals surface area contributed by atoms with E-state index in [4.69, 9.17) is 14.2 Å². The second-order valence-electron chi connectivity index (χ2n) is 5.97. The zero-order valence-corrected chi connectivity index (χ0v) is 15.3. The monoisotopic (exact) mass is 392 g/mol. The lowest BCUT2D eigenvalue weighted by Gasteiger charge is -2.10. The molecule has 1 aliphatic heterocycles. The predicted octanol–water partition coefficient (Wildman–Crippen LogP) is 2.99. The lowest BCUT2D eigenvalue weighted by molar-refractivity contribution is 0.0602. The number of methoxy groups -OCH3 is 1. The van der Waals surface area contributed by atoms with E-state index < -0.39 is 11.9 Å². The van der Waals surface area contributed by atoms with E-state index in [1.54, 1.807) is 36.4 Å². The molecule has 0 fully saturated rings. The first kappa shape index (κ1) is 18.2. The Morgan fingerprint density at radius 1 is 1.03 bits per heavy atom. The van der Waals surface area contributed by atoms with Gasteiger partial charge in [0.25, 0.3) is 5.91 Å². The summed E-state index contributed by atoms with van der Waals surface area (Å²) >= 11 is 0. The Morgan fingerprint density at radius 2 is 1.86 bits per heavy atom. The van der Waals surface area contributed by atoms with Gasteiger partial charge in [-0.05, 0) is 24.3 Å². The van der Waals surface area contributed by atoms with Crippen LogP contribution in [0.1, 0.15) is 20.8 Å². The molecule has 2 N–H and O–H groups in total. The fourth-order valence-electron chi connectivity index (χ4n) is 2.74. The molecule has 9 heteroatoms. The van der Waals surface area contributed by atoms with E-state index in [9.17, 15) is 9.59 Å². The predicted molar refractivity (Wildman–Crippen MR) is 104 cm³/mol. The lowest BCUT2D eigenvalue weighted by Crippen LogP contribution is -2.17. The summed E-state index contributed by atoms with van der Waals surface area (Å²) in [6.45, 7) is 0.184. The highest BCUT2D eigenvalue weighted by atomic mass is 16.7. The van der Waals surface area contributed by atoms with E-state index in [0.29, 0.717) is 23.0 Å². The summed E-state index contributed by atoms with van der Waals surface area (Å²) in [5, 5.41) is 5.76. The zero-order chi connectivity index (χ0) is 20.2. The van der Waals surface area contributed by atoms with Gasteiger partial charge in [0.2, 0.25) is 6.79 Å². The normalized spacial score (nSPS) is 11.6. The number of aromatic nitrogens is 2. The Hall–Kier alpha value is -4.14. The Morgan fingerprint density at radius 3 is 2.72 bits per heavy atom. The van der Waals surface area contributed by atoms with Crippen LogP contribution in [0.25, 0.3) is 0 Å². The van der Waals surface area contributed by atoms with E-state index in [0.717, 1.165) is 5.69 Å². The highest BCUT2D eigenvalue weighted by molar-refractivity contribution is 6.07. The number of nitrogens with one attached hydrogen (secondary N) is 2. The van der Waals surface area contributed by atoms with Crippen LogP contribution in [0.2, 0.25) is 0 Å². The van der Waals surface area contributed by atoms with Gasteiger partial charge in [0.15, 0.2) is 11.5 Å². The topological polar surface area (TPSA) is 112 Å². The molecule has 1 amide bonds. The molecule has 1 aliphatic rings. The highest BCUT2D eigenvalue weighted by Gasteiger charge is 2.16. The molecular weight excluding hydrogens is 376 g/mol. The molecule has 9 nitrogen and oxygen atoms in total. The zero-order valence-electron chi connectivity index (χ0n) is 15.3. The minimum atomic E-state index is -0.547. The van der Waals surface area contributed by atoms with Crippen LogP contribution >= 0.6 is 0 Å². The minimum Gasteiger partial charge on any atom is -0.465 e. The van der Waals surface area contributed by atoms with E-state index in [2.05, 4.69) is 20.6 Å². The largest absolute Gasteiger partial charge is 0.465 e. The van der Waals surface area contributed by atoms with Gasteiger partial charge in [-0.1, -0.05) is 12.1 Å². The summed E-state index contributed by atoms with van der Waals surface area (Å²) < 4.78 is 15.4. The maximum atomic E-state index is 12.6. The summed E-state index contributed by atoms with van der Waals surface area (Å²) in [6, 6.07) is 13.4. The second-order valence-corrected chi connectivity index (χ2v) is 5.97. The molecule has 0 bridgehead atoms. The molecule has 1 aromatic heterocycles. The van der Waals surface area contributed by atoms with Crippen molar-refractivity contribution >= 4 is 29.1 Å². The van der Waals surface area contributed by atoms with Crippen LogP contribution in [0.15, 0.2) is 54.9 Å². The van der Waals surface area contributed by atoms with E-state index in [1.807, 2.05) is 6.07 Å². The van der Waals surface area contributed by atoms with Gasteiger partial charge in [0.05, 0.1) is 18.4 Å². The molecule has 0 saturated heterocycles. The quantitative estimate of drug-likeness (QED) is 0.638. The smallest absolute Gasteiger partial charge is 0.339 e. The molecular formula is C20H16N4O5. The molecule has 0 aliphatic carbocycles. The molecule has 0 radical (unpaired) electrons. The number of benzene rings is 2. The molecule has 4 rings (SSSR count). The summed E-state index contributed by atoms with van der Waals surface area (Å²) in [5.74, 6) is 0.681. The van der Waals surface area contributed by atoms with Crippen LogP contribution in [0.4, 0.5) is 17.2 Å². The summed E-state index contributed by atoms with van der Waals surface area (Å²) in [7, 11) is 1.28. The van der Waals surface area contributed by atoms with Crippen LogP contribution in [-0.4, -0.2) is 35.7 Å². The van der Waals surface area contributed by atoms with Crippen LogP contribution < -0.4 is 20.1 Å². The number of esters is 1. The SMILES string of the molecule is COC(=O)c1ccccc1NC(=O)c1cc(Nc2ccc3c(c2)OCO3)ncn1. The third-order valence-electron chi connectivity index (χ3n) is 4.13. The van der Waals surface area contributed by atoms with Gasteiger partial charge in [-0.25, -0.2) is 14.8 Å². The van der Waals surface area contributed by atoms with Crippen LogP contribution in [0, 0.1) is 0 Å². The molecule has 0 spiro atoms. The number of ether oxygens (including phenoxy) is 3. The van der Waals surface area contributed by atoms with Crippen molar-refractivity contribution in [2.75, 3.05) is 24.5 Å². The van der Waals surface area contributed by atoms with Crippen LogP contribution in [-0.2, 0) is 4.74 Å². The number of hydrogen-bond acceptors (Lipinski definition) is 8. The van der Waals surface area contributed by atoms with Gasteiger partial charge in [0, 0.05) is 17.8 Å². The minimum absolute atomic E-state index is 0.128. The summed E-state index contributed by atoms with van der Waals surface area (Å²) in [6.07, 6.45) is 1.27. The second kappa shape index (κ2) is 7.85. The van der Waals surface area contributed by atoms with Crippen LogP contribution in [0.3, 0.4) is 0 Å². The average molecular weight is 392 g/mol. The maximum Gasteiger partial charge on any atom is 0.339 e. The fraction of sp³-hybridized carbons (Fsp3) is 0.100. The van der Waals surface area contributed by atoms with Gasteiger partial charge >= 0.3 is 5.97 Å². The summed E-state index contributed by atoms with van der Waals surface area (Å²) in [4.78, 5) is 32.6. The third kappa shape index (κ3) is 3.93. The Balaban J connectivity index is 1.52. The number of para-hydroxylation sites is 1. The van der Waals surface area contributed by atoms with Crippen molar-refractivity contribution in [1.82, 2.24) is 9.97 Å². The maximum absolute atomic E-state index is 12.6. The average Bonchev–Trinajstić information content (AvgIpc) is 3.21. The Labute approximate surface area is 165 Å². The van der Waals surface area contributed by atoms with Gasteiger partial charge in [-0.2, -0.15) is 0 Å². The standard InChI is InChI=1S/C20H16N4O5/c1-27-20(26)13-4-2-3-5-14(13)24-19(25)15-9-18(22-10-21-15)23-12-6-7-16-17(8-12)29-11-28-16/h2-10H,11H2,1H3,(H,24,25)(H,21,22,23). The van der Waals surface area contributed by atoms with Crippen molar-refractivity contribution in [3.63, 3.8) is 0 Å². The van der Waals surface area contributed by atoms with Crippen molar-refractivity contribution in [2.45, 2.75) is 0 Å².